The number of para-hydroxylation sites is 1. The average molecular weight is 264 g/mol. The number of nitrogens with zero attached hydrogens (tertiary/aromatic N) is 1. The van der Waals surface area contributed by atoms with Crippen LogP contribution in [0.15, 0.2) is 18.2 Å². The number of piperazine rings is 1. The molecule has 1 aliphatic heterocycles. The van der Waals surface area contributed by atoms with Gasteiger partial charge < -0.3 is 10.4 Å². The summed E-state index contributed by atoms with van der Waals surface area (Å²) in [6.07, 6.45) is 3.59. The fraction of sp³-hybridized carbons (Fsp3) is 0.600. The first-order chi connectivity index (χ1) is 9.25. The molecule has 2 aliphatic rings. The predicted octanol–water partition coefficient (Wildman–Crippen LogP) is 2.28. The molecule has 3 nitrogen and oxygen atoms in total. The van der Waals surface area contributed by atoms with Gasteiger partial charge in [-0.2, -0.15) is 0 Å². The molecular formula is C15H21FN2O. The van der Waals surface area contributed by atoms with E-state index in [-0.39, 0.29) is 11.8 Å². The molecule has 0 spiro atoms. The van der Waals surface area contributed by atoms with Crippen LogP contribution in [0.5, 0.6) is 5.75 Å². The maximum absolute atomic E-state index is 13.6. The van der Waals surface area contributed by atoms with Gasteiger partial charge in [-0.15, -0.1) is 0 Å². The molecule has 1 atom stereocenters. The number of rotatable bonds is 4. The van der Waals surface area contributed by atoms with Crippen LogP contribution in [-0.4, -0.2) is 36.2 Å². The number of benzene rings is 1. The van der Waals surface area contributed by atoms with Crippen molar-refractivity contribution >= 4 is 0 Å². The van der Waals surface area contributed by atoms with Gasteiger partial charge in [0.2, 0.25) is 0 Å². The molecule has 3 rings (SSSR count). The molecule has 1 saturated carbocycles. The summed E-state index contributed by atoms with van der Waals surface area (Å²) in [7, 11) is 0. The molecular weight excluding hydrogens is 243 g/mol. The van der Waals surface area contributed by atoms with Crippen LogP contribution in [0.4, 0.5) is 4.39 Å². The average Bonchev–Trinajstić information content (AvgIpc) is 3.25. The fourth-order valence-corrected chi connectivity index (χ4v) is 2.94. The molecule has 104 valence electrons. The molecule has 0 aromatic heterocycles. The van der Waals surface area contributed by atoms with Crippen molar-refractivity contribution in [3.05, 3.63) is 29.6 Å². The van der Waals surface area contributed by atoms with E-state index >= 15 is 0 Å². The molecule has 2 fully saturated rings. The standard InChI is InChI=1S/C15H21FN2O/c16-13-3-1-2-12(15(13)19)14(10-11-4-5-11)18-8-6-17-7-9-18/h1-3,11,14,17,19H,4-10H2/t14-/m0/s1. The van der Waals surface area contributed by atoms with E-state index in [1.54, 1.807) is 6.07 Å². The zero-order valence-corrected chi connectivity index (χ0v) is 11.1. The molecule has 0 unspecified atom stereocenters. The van der Waals surface area contributed by atoms with E-state index < -0.39 is 5.82 Å². The third-order valence-corrected chi connectivity index (χ3v) is 4.22. The van der Waals surface area contributed by atoms with Gasteiger partial charge in [-0.05, 0) is 18.4 Å². The van der Waals surface area contributed by atoms with Crippen LogP contribution in [0.2, 0.25) is 0 Å². The summed E-state index contributed by atoms with van der Waals surface area (Å²) in [6.45, 7) is 3.87. The summed E-state index contributed by atoms with van der Waals surface area (Å²) in [4.78, 5) is 2.38. The smallest absolute Gasteiger partial charge is 0.165 e. The van der Waals surface area contributed by atoms with Crippen molar-refractivity contribution in [3.8, 4) is 5.75 Å². The summed E-state index contributed by atoms with van der Waals surface area (Å²) >= 11 is 0. The van der Waals surface area contributed by atoms with Crippen molar-refractivity contribution in [3.63, 3.8) is 0 Å². The number of halogens is 1. The third kappa shape index (κ3) is 2.90. The van der Waals surface area contributed by atoms with E-state index in [4.69, 9.17) is 0 Å². The van der Waals surface area contributed by atoms with Crippen molar-refractivity contribution in [1.82, 2.24) is 10.2 Å². The van der Waals surface area contributed by atoms with Crippen molar-refractivity contribution in [2.24, 2.45) is 5.92 Å². The molecule has 1 heterocycles. The molecule has 19 heavy (non-hydrogen) atoms. The quantitative estimate of drug-likeness (QED) is 0.875. The van der Waals surface area contributed by atoms with E-state index in [0.717, 1.165) is 44.1 Å². The normalized spacial score (nSPS) is 22.4. The second kappa shape index (κ2) is 5.47. The van der Waals surface area contributed by atoms with E-state index in [2.05, 4.69) is 10.2 Å². The minimum Gasteiger partial charge on any atom is -0.505 e. The molecule has 2 N–H and O–H groups in total. The minimum absolute atomic E-state index is 0.158. The van der Waals surface area contributed by atoms with E-state index in [9.17, 15) is 9.50 Å². The number of phenolic OH excluding ortho intramolecular Hbond substituents is 1. The van der Waals surface area contributed by atoms with Gasteiger partial charge in [0.1, 0.15) is 0 Å². The lowest BCUT2D eigenvalue weighted by Gasteiger charge is -2.35. The third-order valence-electron chi connectivity index (χ3n) is 4.22. The zero-order valence-electron chi connectivity index (χ0n) is 11.1. The van der Waals surface area contributed by atoms with Gasteiger partial charge in [0, 0.05) is 37.8 Å². The van der Waals surface area contributed by atoms with Gasteiger partial charge in [-0.25, -0.2) is 4.39 Å². The lowest BCUT2D eigenvalue weighted by molar-refractivity contribution is 0.157. The summed E-state index contributed by atoms with van der Waals surface area (Å²) in [5.41, 5.74) is 0.758. The van der Waals surface area contributed by atoms with Crippen LogP contribution < -0.4 is 5.32 Å². The maximum Gasteiger partial charge on any atom is 0.165 e. The molecule has 0 bridgehead atoms. The van der Waals surface area contributed by atoms with Gasteiger partial charge in [-0.1, -0.05) is 25.0 Å². The van der Waals surface area contributed by atoms with Crippen LogP contribution in [-0.2, 0) is 0 Å². The van der Waals surface area contributed by atoms with Crippen molar-refractivity contribution < 1.29 is 9.50 Å². The molecule has 1 aliphatic carbocycles. The Morgan fingerprint density at radius 3 is 2.74 bits per heavy atom. The van der Waals surface area contributed by atoms with Gasteiger partial charge >= 0.3 is 0 Å². The molecule has 0 amide bonds. The Morgan fingerprint density at radius 2 is 2.05 bits per heavy atom. The first-order valence-electron chi connectivity index (χ1n) is 7.18. The molecule has 1 aromatic rings. The topological polar surface area (TPSA) is 35.5 Å². The number of hydrogen-bond acceptors (Lipinski definition) is 3. The summed E-state index contributed by atoms with van der Waals surface area (Å²) in [5, 5.41) is 13.4. The molecule has 4 heteroatoms. The lowest BCUT2D eigenvalue weighted by atomic mass is 9.97. The van der Waals surface area contributed by atoms with Gasteiger partial charge in [-0.3, -0.25) is 4.90 Å². The number of nitrogens with one attached hydrogen (secondary N) is 1. The van der Waals surface area contributed by atoms with E-state index in [0.29, 0.717) is 0 Å². The maximum atomic E-state index is 13.6. The SMILES string of the molecule is Oc1c(F)cccc1[C@H](CC1CC1)N1CCNCC1. The summed E-state index contributed by atoms with van der Waals surface area (Å²) in [6, 6.07) is 5.05. The Balaban J connectivity index is 1.86. The first kappa shape index (κ1) is 12.9. The van der Waals surface area contributed by atoms with E-state index in [1.165, 1.54) is 18.9 Å². The Hall–Kier alpha value is -1.13. The lowest BCUT2D eigenvalue weighted by Crippen LogP contribution is -2.45. The number of aromatic hydroxyl groups is 1. The van der Waals surface area contributed by atoms with Crippen molar-refractivity contribution in [1.29, 1.82) is 0 Å². The van der Waals surface area contributed by atoms with Crippen molar-refractivity contribution in [2.75, 3.05) is 26.2 Å². The molecule has 1 aromatic carbocycles. The Morgan fingerprint density at radius 1 is 1.32 bits per heavy atom. The highest BCUT2D eigenvalue weighted by molar-refractivity contribution is 5.36. The minimum atomic E-state index is -0.506. The second-order valence-electron chi connectivity index (χ2n) is 5.66. The van der Waals surface area contributed by atoms with Crippen LogP contribution >= 0.6 is 0 Å². The monoisotopic (exact) mass is 264 g/mol. The Bertz CT molecular complexity index is 442. The highest BCUT2D eigenvalue weighted by atomic mass is 19.1. The van der Waals surface area contributed by atoms with Crippen LogP contribution in [0.1, 0.15) is 30.9 Å². The van der Waals surface area contributed by atoms with Gasteiger partial charge in [0.05, 0.1) is 0 Å². The number of hydrogen-bond donors (Lipinski definition) is 2. The predicted molar refractivity (Wildman–Crippen MR) is 72.6 cm³/mol. The summed E-state index contributed by atoms with van der Waals surface area (Å²) < 4.78 is 13.6. The van der Waals surface area contributed by atoms with Crippen LogP contribution in [0.25, 0.3) is 0 Å². The fourth-order valence-electron chi connectivity index (χ4n) is 2.94. The molecule has 0 radical (unpaired) electrons. The Kier molecular flexibility index (Phi) is 3.71. The molecule has 1 saturated heterocycles. The highest BCUT2D eigenvalue weighted by Gasteiger charge is 2.32. The number of phenols is 1. The van der Waals surface area contributed by atoms with Crippen LogP contribution in [0, 0.1) is 11.7 Å². The van der Waals surface area contributed by atoms with Crippen molar-refractivity contribution in [2.45, 2.75) is 25.3 Å². The largest absolute Gasteiger partial charge is 0.505 e. The zero-order chi connectivity index (χ0) is 13.2. The Labute approximate surface area is 113 Å². The highest BCUT2D eigenvalue weighted by Crippen LogP contribution is 2.42. The summed E-state index contributed by atoms with van der Waals surface area (Å²) in [5.74, 6) is 0.0858. The van der Waals surface area contributed by atoms with Crippen LogP contribution in [0.3, 0.4) is 0 Å². The first-order valence-corrected chi connectivity index (χ1v) is 7.18. The second-order valence-corrected chi connectivity index (χ2v) is 5.66. The van der Waals surface area contributed by atoms with Gasteiger partial charge in [0.15, 0.2) is 11.6 Å². The van der Waals surface area contributed by atoms with E-state index in [1.807, 2.05) is 6.07 Å². The van der Waals surface area contributed by atoms with Gasteiger partial charge in [0.25, 0.3) is 0 Å².